The summed E-state index contributed by atoms with van der Waals surface area (Å²) >= 11 is 0. The molecule has 0 bridgehead atoms. The van der Waals surface area contributed by atoms with Gasteiger partial charge in [0.2, 0.25) is 0 Å². The molecule has 3 aromatic heterocycles. The predicted octanol–water partition coefficient (Wildman–Crippen LogP) is 4.47. The third-order valence-corrected chi connectivity index (χ3v) is 4.21. The molecule has 9 heteroatoms. The molecule has 146 valence electrons. The number of anilines is 3. The summed E-state index contributed by atoms with van der Waals surface area (Å²) in [6, 6.07) is 9.85. The van der Waals surface area contributed by atoms with Gasteiger partial charge in [0.1, 0.15) is 23.1 Å². The van der Waals surface area contributed by atoms with Gasteiger partial charge in [-0.2, -0.15) is 0 Å². The van der Waals surface area contributed by atoms with Crippen LogP contribution in [0.4, 0.5) is 30.5 Å². The summed E-state index contributed by atoms with van der Waals surface area (Å²) in [5, 5.41) is 6.29. The van der Waals surface area contributed by atoms with Gasteiger partial charge < -0.3 is 15.6 Å². The minimum atomic E-state index is -0.855. The van der Waals surface area contributed by atoms with Crippen LogP contribution in [0.25, 0.3) is 11.3 Å². The van der Waals surface area contributed by atoms with E-state index in [9.17, 15) is 13.2 Å². The van der Waals surface area contributed by atoms with Crippen molar-refractivity contribution in [2.75, 3.05) is 11.1 Å². The van der Waals surface area contributed by atoms with E-state index in [1.54, 1.807) is 24.4 Å². The summed E-state index contributed by atoms with van der Waals surface area (Å²) in [5.41, 5.74) is 6.57. The SMILES string of the molecule is Nc1ncccc1-c1cc(Cc2ccnc(Nc3c(F)cccc3F)c2F)no1. The van der Waals surface area contributed by atoms with Crippen LogP contribution in [0.3, 0.4) is 0 Å². The number of halogens is 3. The molecule has 0 saturated carbocycles. The van der Waals surface area contributed by atoms with Crippen molar-refractivity contribution < 1.29 is 17.7 Å². The number of pyridine rings is 2. The van der Waals surface area contributed by atoms with E-state index in [4.69, 9.17) is 10.3 Å². The molecule has 0 radical (unpaired) electrons. The molecule has 0 spiro atoms. The highest BCUT2D eigenvalue weighted by atomic mass is 19.1. The molecule has 6 nitrogen and oxygen atoms in total. The highest BCUT2D eigenvalue weighted by molar-refractivity contribution is 5.69. The molecule has 0 unspecified atom stereocenters. The third-order valence-electron chi connectivity index (χ3n) is 4.21. The smallest absolute Gasteiger partial charge is 0.170 e. The van der Waals surface area contributed by atoms with Gasteiger partial charge in [0.25, 0.3) is 0 Å². The third kappa shape index (κ3) is 3.75. The van der Waals surface area contributed by atoms with Crippen LogP contribution in [0.15, 0.2) is 59.4 Å². The van der Waals surface area contributed by atoms with Crippen molar-refractivity contribution in [1.29, 1.82) is 0 Å². The highest BCUT2D eigenvalue weighted by Gasteiger charge is 2.17. The van der Waals surface area contributed by atoms with E-state index in [1.807, 2.05) is 0 Å². The lowest BCUT2D eigenvalue weighted by Crippen LogP contribution is -2.04. The number of nitrogen functional groups attached to an aromatic ring is 1. The first-order valence-corrected chi connectivity index (χ1v) is 8.54. The molecular weight excluding hydrogens is 383 g/mol. The molecule has 1 aromatic carbocycles. The number of nitrogens with zero attached hydrogens (tertiary/aromatic N) is 3. The normalized spacial score (nSPS) is 10.9. The lowest BCUT2D eigenvalue weighted by atomic mass is 10.1. The molecule has 4 aromatic rings. The van der Waals surface area contributed by atoms with Crippen LogP contribution in [-0.4, -0.2) is 15.1 Å². The van der Waals surface area contributed by atoms with E-state index in [1.165, 1.54) is 18.3 Å². The van der Waals surface area contributed by atoms with E-state index in [0.29, 0.717) is 17.0 Å². The van der Waals surface area contributed by atoms with Gasteiger partial charge in [-0.25, -0.2) is 23.1 Å². The first-order chi connectivity index (χ1) is 14.0. The lowest BCUT2D eigenvalue weighted by Gasteiger charge is -2.10. The number of benzene rings is 1. The summed E-state index contributed by atoms with van der Waals surface area (Å²) in [5.74, 6) is -2.08. The maximum Gasteiger partial charge on any atom is 0.170 e. The van der Waals surface area contributed by atoms with Crippen molar-refractivity contribution in [3.8, 4) is 11.3 Å². The Balaban J connectivity index is 1.59. The first-order valence-electron chi connectivity index (χ1n) is 8.54. The average molecular weight is 397 g/mol. The zero-order valence-electron chi connectivity index (χ0n) is 14.9. The molecule has 0 aliphatic rings. The Kier molecular flexibility index (Phi) is 4.86. The largest absolute Gasteiger partial charge is 0.383 e. The van der Waals surface area contributed by atoms with E-state index in [-0.39, 0.29) is 23.6 Å². The number of aromatic nitrogens is 3. The zero-order valence-corrected chi connectivity index (χ0v) is 14.9. The number of rotatable bonds is 5. The van der Waals surface area contributed by atoms with E-state index < -0.39 is 23.1 Å². The van der Waals surface area contributed by atoms with E-state index in [0.717, 1.165) is 12.1 Å². The van der Waals surface area contributed by atoms with Gasteiger partial charge in [-0.15, -0.1) is 0 Å². The molecule has 3 N–H and O–H groups in total. The molecule has 29 heavy (non-hydrogen) atoms. The number of hydrogen-bond acceptors (Lipinski definition) is 6. The minimum Gasteiger partial charge on any atom is -0.383 e. The van der Waals surface area contributed by atoms with Crippen LogP contribution in [0.5, 0.6) is 0 Å². The molecular formula is C20H14F3N5O. The fourth-order valence-electron chi connectivity index (χ4n) is 2.79. The molecule has 0 aliphatic heterocycles. The summed E-state index contributed by atoms with van der Waals surface area (Å²) in [7, 11) is 0. The molecule has 0 atom stereocenters. The second-order valence-electron chi connectivity index (χ2n) is 6.15. The predicted molar refractivity (Wildman–Crippen MR) is 101 cm³/mol. The van der Waals surface area contributed by atoms with Crippen LogP contribution < -0.4 is 11.1 Å². The lowest BCUT2D eigenvalue weighted by molar-refractivity contribution is 0.424. The molecule has 0 amide bonds. The zero-order chi connectivity index (χ0) is 20.4. The van der Waals surface area contributed by atoms with Gasteiger partial charge in [0.15, 0.2) is 17.4 Å². The molecule has 3 heterocycles. The topological polar surface area (TPSA) is 89.9 Å². The number of nitrogens with one attached hydrogen (secondary N) is 1. The van der Waals surface area contributed by atoms with Crippen LogP contribution in [-0.2, 0) is 6.42 Å². The highest BCUT2D eigenvalue weighted by Crippen LogP contribution is 2.28. The van der Waals surface area contributed by atoms with Crippen LogP contribution >= 0.6 is 0 Å². The summed E-state index contributed by atoms with van der Waals surface area (Å²) < 4.78 is 47.8. The fourth-order valence-corrected chi connectivity index (χ4v) is 2.79. The quantitative estimate of drug-likeness (QED) is 0.517. The van der Waals surface area contributed by atoms with Crippen molar-refractivity contribution in [3.63, 3.8) is 0 Å². The Bertz CT molecular complexity index is 1160. The van der Waals surface area contributed by atoms with Crippen molar-refractivity contribution in [2.24, 2.45) is 0 Å². The first kappa shape index (κ1) is 18.5. The maximum absolute atomic E-state index is 14.8. The number of nitrogens with two attached hydrogens (primary N) is 1. The second-order valence-corrected chi connectivity index (χ2v) is 6.15. The Morgan fingerprint density at radius 2 is 1.76 bits per heavy atom. The van der Waals surface area contributed by atoms with Gasteiger partial charge in [-0.1, -0.05) is 11.2 Å². The maximum atomic E-state index is 14.8. The monoisotopic (exact) mass is 397 g/mol. The van der Waals surface area contributed by atoms with Gasteiger partial charge in [0.05, 0.1) is 11.3 Å². The molecule has 0 saturated heterocycles. The van der Waals surface area contributed by atoms with Crippen molar-refractivity contribution >= 4 is 17.3 Å². The standard InChI is InChI=1S/C20H14F3N5O/c21-14-4-1-5-15(22)18(14)27-20-17(23)11(6-8-26-20)9-12-10-16(29-28-12)13-3-2-7-25-19(13)24/h1-8,10H,9H2,(H2,24,25)(H,26,27). The number of para-hydroxylation sites is 1. The Morgan fingerprint density at radius 3 is 2.52 bits per heavy atom. The molecule has 0 fully saturated rings. The van der Waals surface area contributed by atoms with Crippen LogP contribution in [0, 0.1) is 17.5 Å². The number of hydrogen-bond donors (Lipinski definition) is 2. The summed E-state index contributed by atoms with van der Waals surface area (Å²) in [4.78, 5) is 7.82. The van der Waals surface area contributed by atoms with Gasteiger partial charge in [-0.3, -0.25) is 0 Å². The Hall–Kier alpha value is -3.88. The van der Waals surface area contributed by atoms with Gasteiger partial charge >= 0.3 is 0 Å². The molecule has 0 aliphatic carbocycles. The Labute approximate surface area is 163 Å². The van der Waals surface area contributed by atoms with Crippen molar-refractivity contribution in [2.45, 2.75) is 6.42 Å². The Morgan fingerprint density at radius 1 is 0.966 bits per heavy atom. The van der Waals surface area contributed by atoms with Crippen LogP contribution in [0.2, 0.25) is 0 Å². The summed E-state index contributed by atoms with van der Waals surface area (Å²) in [6.45, 7) is 0. The molecule has 4 rings (SSSR count). The van der Waals surface area contributed by atoms with E-state index >= 15 is 0 Å². The van der Waals surface area contributed by atoms with Crippen LogP contribution in [0.1, 0.15) is 11.3 Å². The fraction of sp³-hybridized carbons (Fsp3) is 0.0500. The van der Waals surface area contributed by atoms with Crippen molar-refractivity contribution in [1.82, 2.24) is 15.1 Å². The van der Waals surface area contributed by atoms with Crippen molar-refractivity contribution in [3.05, 3.63) is 83.6 Å². The van der Waals surface area contributed by atoms with Gasteiger partial charge in [-0.05, 0) is 35.9 Å². The van der Waals surface area contributed by atoms with E-state index in [2.05, 4.69) is 20.4 Å². The second kappa shape index (κ2) is 7.63. The average Bonchev–Trinajstić information content (AvgIpc) is 3.16. The summed E-state index contributed by atoms with van der Waals surface area (Å²) in [6.07, 6.45) is 2.96. The minimum absolute atomic E-state index is 0.0758. The van der Waals surface area contributed by atoms with Gasteiger partial charge in [0, 0.05) is 24.9 Å².